The van der Waals surface area contributed by atoms with Gasteiger partial charge in [-0.3, -0.25) is 0 Å². The number of hydrogen-bond acceptors (Lipinski definition) is 2. The molecule has 0 radical (unpaired) electrons. The number of nitrogens with zero attached hydrogens (tertiary/aromatic N) is 1. The first kappa shape index (κ1) is 11.7. The largest absolute Gasteiger partial charge is 0.416 e. The van der Waals surface area contributed by atoms with Crippen LogP contribution in [0.3, 0.4) is 0 Å². The van der Waals surface area contributed by atoms with Gasteiger partial charge in [0.2, 0.25) is 0 Å². The lowest BCUT2D eigenvalue weighted by Gasteiger charge is -2.32. The SMILES string of the molecule is FC(F)(F)c1ccc2c(c1)NCCN2CC1CC1. The molecular formula is C13H15F3N2. The van der Waals surface area contributed by atoms with Crippen LogP contribution in [0.2, 0.25) is 0 Å². The molecule has 0 spiro atoms. The Hall–Kier alpha value is -1.39. The second-order valence-corrected chi connectivity index (χ2v) is 5.05. The third kappa shape index (κ3) is 2.26. The molecular weight excluding hydrogens is 241 g/mol. The summed E-state index contributed by atoms with van der Waals surface area (Å²) in [5, 5.41) is 3.06. The number of anilines is 2. The van der Waals surface area contributed by atoms with Gasteiger partial charge < -0.3 is 10.2 Å². The Bertz CT molecular complexity index is 452. The molecule has 2 aliphatic rings. The maximum Gasteiger partial charge on any atom is 0.416 e. The molecule has 1 aromatic carbocycles. The van der Waals surface area contributed by atoms with Crippen LogP contribution >= 0.6 is 0 Å². The Labute approximate surface area is 104 Å². The van der Waals surface area contributed by atoms with Crippen molar-refractivity contribution in [3.63, 3.8) is 0 Å². The van der Waals surface area contributed by atoms with E-state index >= 15 is 0 Å². The van der Waals surface area contributed by atoms with E-state index in [0.29, 0.717) is 12.2 Å². The lowest BCUT2D eigenvalue weighted by atomic mass is 10.1. The number of hydrogen-bond donors (Lipinski definition) is 1. The molecule has 5 heteroatoms. The van der Waals surface area contributed by atoms with Crippen LogP contribution in [0.4, 0.5) is 24.5 Å². The highest BCUT2D eigenvalue weighted by atomic mass is 19.4. The van der Waals surface area contributed by atoms with Crippen molar-refractivity contribution >= 4 is 11.4 Å². The maximum atomic E-state index is 12.6. The molecule has 1 fully saturated rings. The third-order valence-corrected chi connectivity index (χ3v) is 3.54. The van der Waals surface area contributed by atoms with Crippen LogP contribution in [-0.4, -0.2) is 19.6 Å². The number of alkyl halides is 3. The minimum absolute atomic E-state index is 0.581. The van der Waals surface area contributed by atoms with Crippen molar-refractivity contribution in [2.75, 3.05) is 29.9 Å². The van der Waals surface area contributed by atoms with Gasteiger partial charge in [0.15, 0.2) is 0 Å². The van der Waals surface area contributed by atoms with Gasteiger partial charge in [-0.15, -0.1) is 0 Å². The highest BCUT2D eigenvalue weighted by molar-refractivity contribution is 5.73. The van der Waals surface area contributed by atoms with Gasteiger partial charge in [0.1, 0.15) is 0 Å². The van der Waals surface area contributed by atoms with Crippen molar-refractivity contribution in [2.24, 2.45) is 5.92 Å². The molecule has 1 aliphatic heterocycles. The standard InChI is InChI=1S/C13H15F3N2/c14-13(15,16)10-3-4-12-11(7-10)17-5-6-18(12)8-9-1-2-9/h3-4,7,9,17H,1-2,5-6,8H2. The molecule has 18 heavy (non-hydrogen) atoms. The molecule has 1 aliphatic carbocycles. The zero-order valence-corrected chi connectivity index (χ0v) is 9.93. The number of benzene rings is 1. The second kappa shape index (κ2) is 4.07. The quantitative estimate of drug-likeness (QED) is 0.873. The molecule has 1 saturated carbocycles. The lowest BCUT2D eigenvalue weighted by Crippen LogP contribution is -2.35. The highest BCUT2D eigenvalue weighted by Crippen LogP contribution is 2.38. The van der Waals surface area contributed by atoms with E-state index in [2.05, 4.69) is 10.2 Å². The summed E-state index contributed by atoms with van der Waals surface area (Å²) in [5.74, 6) is 0.734. The normalized spacial score (nSPS) is 19.4. The van der Waals surface area contributed by atoms with Gasteiger partial charge in [0, 0.05) is 19.6 Å². The van der Waals surface area contributed by atoms with Gasteiger partial charge in [-0.05, 0) is 37.0 Å². The average Bonchev–Trinajstić information content (AvgIpc) is 3.11. The molecule has 0 amide bonds. The Morgan fingerprint density at radius 3 is 2.72 bits per heavy atom. The van der Waals surface area contributed by atoms with Gasteiger partial charge in [-0.1, -0.05) is 0 Å². The molecule has 0 atom stereocenters. The highest BCUT2D eigenvalue weighted by Gasteiger charge is 2.32. The minimum Gasteiger partial charge on any atom is -0.382 e. The summed E-state index contributed by atoms with van der Waals surface area (Å²) < 4.78 is 37.9. The van der Waals surface area contributed by atoms with Crippen LogP contribution in [0.15, 0.2) is 18.2 Å². The van der Waals surface area contributed by atoms with Crippen LogP contribution in [0, 0.1) is 5.92 Å². The summed E-state index contributed by atoms with van der Waals surface area (Å²) in [7, 11) is 0. The van der Waals surface area contributed by atoms with E-state index in [1.807, 2.05) is 0 Å². The van der Waals surface area contributed by atoms with Crippen molar-refractivity contribution in [1.29, 1.82) is 0 Å². The monoisotopic (exact) mass is 256 g/mol. The number of halogens is 3. The Kier molecular flexibility index (Phi) is 2.64. The zero-order chi connectivity index (χ0) is 12.8. The van der Waals surface area contributed by atoms with E-state index in [1.165, 1.54) is 25.0 Å². The molecule has 1 heterocycles. The van der Waals surface area contributed by atoms with E-state index in [9.17, 15) is 13.2 Å². The first-order chi connectivity index (χ1) is 8.54. The fourth-order valence-electron chi connectivity index (χ4n) is 2.38. The molecule has 0 aromatic heterocycles. The summed E-state index contributed by atoms with van der Waals surface area (Å²) >= 11 is 0. The van der Waals surface area contributed by atoms with E-state index in [1.54, 1.807) is 6.07 Å². The van der Waals surface area contributed by atoms with Gasteiger partial charge in [0.05, 0.1) is 16.9 Å². The van der Waals surface area contributed by atoms with Crippen LogP contribution in [-0.2, 0) is 6.18 Å². The van der Waals surface area contributed by atoms with Gasteiger partial charge in [-0.25, -0.2) is 0 Å². The topological polar surface area (TPSA) is 15.3 Å². The van der Waals surface area contributed by atoms with Crippen molar-refractivity contribution in [1.82, 2.24) is 0 Å². The number of fused-ring (bicyclic) bond motifs is 1. The Morgan fingerprint density at radius 2 is 2.06 bits per heavy atom. The predicted octanol–water partition coefficient (Wildman–Crippen LogP) is 3.35. The maximum absolute atomic E-state index is 12.6. The Balaban J connectivity index is 1.88. The van der Waals surface area contributed by atoms with Crippen molar-refractivity contribution in [2.45, 2.75) is 19.0 Å². The van der Waals surface area contributed by atoms with Crippen LogP contribution < -0.4 is 10.2 Å². The van der Waals surface area contributed by atoms with Gasteiger partial charge in [0.25, 0.3) is 0 Å². The fraction of sp³-hybridized carbons (Fsp3) is 0.538. The number of rotatable bonds is 2. The third-order valence-electron chi connectivity index (χ3n) is 3.54. The smallest absolute Gasteiger partial charge is 0.382 e. The summed E-state index contributed by atoms with van der Waals surface area (Å²) in [6.07, 6.45) is -1.77. The van der Waals surface area contributed by atoms with E-state index in [4.69, 9.17) is 0 Å². The average molecular weight is 256 g/mol. The predicted molar refractivity (Wildman–Crippen MR) is 64.9 cm³/mol. The minimum atomic E-state index is -4.27. The molecule has 0 saturated heterocycles. The van der Waals surface area contributed by atoms with E-state index in [0.717, 1.165) is 24.7 Å². The van der Waals surface area contributed by atoms with Crippen LogP contribution in [0.25, 0.3) is 0 Å². The van der Waals surface area contributed by atoms with Gasteiger partial charge in [-0.2, -0.15) is 13.2 Å². The molecule has 1 aromatic rings. The second-order valence-electron chi connectivity index (χ2n) is 5.05. The van der Waals surface area contributed by atoms with Crippen LogP contribution in [0.5, 0.6) is 0 Å². The molecule has 3 rings (SSSR count). The fourth-order valence-corrected chi connectivity index (χ4v) is 2.38. The van der Waals surface area contributed by atoms with Crippen molar-refractivity contribution in [3.05, 3.63) is 23.8 Å². The van der Waals surface area contributed by atoms with Gasteiger partial charge >= 0.3 is 6.18 Å². The van der Waals surface area contributed by atoms with E-state index in [-0.39, 0.29) is 0 Å². The summed E-state index contributed by atoms with van der Waals surface area (Å²) in [6.45, 7) is 2.55. The molecule has 0 bridgehead atoms. The Morgan fingerprint density at radius 1 is 1.28 bits per heavy atom. The molecule has 0 unspecified atom stereocenters. The lowest BCUT2D eigenvalue weighted by molar-refractivity contribution is -0.137. The molecule has 98 valence electrons. The molecule has 1 N–H and O–H groups in total. The first-order valence-electron chi connectivity index (χ1n) is 6.24. The van der Waals surface area contributed by atoms with Crippen molar-refractivity contribution < 1.29 is 13.2 Å². The molecule has 2 nitrogen and oxygen atoms in total. The summed E-state index contributed by atoms with van der Waals surface area (Å²) in [4.78, 5) is 2.20. The van der Waals surface area contributed by atoms with Crippen LogP contribution in [0.1, 0.15) is 18.4 Å². The summed E-state index contributed by atoms with van der Waals surface area (Å²) in [5.41, 5.74) is 0.930. The zero-order valence-electron chi connectivity index (χ0n) is 9.93. The number of nitrogens with one attached hydrogen (secondary N) is 1. The summed E-state index contributed by atoms with van der Waals surface area (Å²) in [6, 6.07) is 3.98. The first-order valence-corrected chi connectivity index (χ1v) is 6.24. The van der Waals surface area contributed by atoms with Crippen molar-refractivity contribution in [3.8, 4) is 0 Å². The van der Waals surface area contributed by atoms with E-state index < -0.39 is 11.7 Å².